The fourth-order valence-electron chi connectivity index (χ4n) is 2.23. The number of para-hydroxylation sites is 1. The molecule has 2 aromatic carbocycles. The van der Waals surface area contributed by atoms with Gasteiger partial charge in [0.05, 0.1) is 10.6 Å². The molecule has 0 saturated carbocycles. The summed E-state index contributed by atoms with van der Waals surface area (Å²) in [7, 11) is -3.60. The number of rotatable bonds is 4. The molecule has 4 nitrogen and oxygen atoms in total. The quantitative estimate of drug-likeness (QED) is 0.912. The molecular formula is C16H20N2O2S. The zero-order valence-electron chi connectivity index (χ0n) is 12.5. The van der Waals surface area contributed by atoms with Gasteiger partial charge in [0.2, 0.25) is 0 Å². The predicted molar refractivity (Wildman–Crippen MR) is 85.8 cm³/mol. The fourth-order valence-corrected chi connectivity index (χ4v) is 3.52. The van der Waals surface area contributed by atoms with Crippen molar-refractivity contribution in [1.82, 2.24) is 0 Å². The van der Waals surface area contributed by atoms with Crippen LogP contribution < -0.4 is 10.5 Å². The number of hydrogen-bond acceptors (Lipinski definition) is 3. The van der Waals surface area contributed by atoms with Gasteiger partial charge in [0.25, 0.3) is 10.0 Å². The predicted octanol–water partition coefficient (Wildman–Crippen LogP) is 2.87. The molecule has 0 aliphatic carbocycles. The zero-order chi connectivity index (χ0) is 15.6. The Morgan fingerprint density at radius 2 is 1.62 bits per heavy atom. The monoisotopic (exact) mass is 304 g/mol. The average Bonchev–Trinajstić information content (AvgIpc) is 2.43. The number of hydrogen-bond donors (Lipinski definition) is 2. The van der Waals surface area contributed by atoms with E-state index in [4.69, 9.17) is 5.73 Å². The van der Waals surface area contributed by atoms with E-state index < -0.39 is 10.0 Å². The van der Waals surface area contributed by atoms with Crippen LogP contribution in [0.15, 0.2) is 41.3 Å². The van der Waals surface area contributed by atoms with Gasteiger partial charge >= 0.3 is 0 Å². The van der Waals surface area contributed by atoms with Gasteiger partial charge < -0.3 is 5.73 Å². The largest absolute Gasteiger partial charge is 0.326 e. The first-order valence-electron chi connectivity index (χ1n) is 6.74. The molecule has 112 valence electrons. The third kappa shape index (κ3) is 3.25. The highest BCUT2D eigenvalue weighted by atomic mass is 32.2. The Morgan fingerprint density at radius 3 is 2.14 bits per heavy atom. The molecule has 21 heavy (non-hydrogen) atoms. The highest BCUT2D eigenvalue weighted by Crippen LogP contribution is 2.24. The summed E-state index contributed by atoms with van der Waals surface area (Å²) in [4.78, 5) is 0.250. The number of aryl methyl sites for hydroxylation is 3. The first kappa shape index (κ1) is 15.5. The van der Waals surface area contributed by atoms with Crippen molar-refractivity contribution in [2.75, 3.05) is 4.72 Å². The van der Waals surface area contributed by atoms with Crippen LogP contribution in [-0.2, 0) is 16.6 Å². The van der Waals surface area contributed by atoms with E-state index in [9.17, 15) is 8.42 Å². The van der Waals surface area contributed by atoms with Crippen LogP contribution in [0.3, 0.4) is 0 Å². The summed E-state index contributed by atoms with van der Waals surface area (Å²) in [6.07, 6.45) is 0. The Morgan fingerprint density at radius 1 is 1.00 bits per heavy atom. The third-order valence-corrected chi connectivity index (χ3v) is 4.91. The summed E-state index contributed by atoms with van der Waals surface area (Å²) in [6, 6.07) is 10.7. The Labute approximate surface area is 126 Å². The number of anilines is 1. The second-order valence-corrected chi connectivity index (χ2v) is 6.85. The first-order chi connectivity index (χ1) is 9.85. The van der Waals surface area contributed by atoms with E-state index in [-0.39, 0.29) is 4.90 Å². The lowest BCUT2D eigenvalue weighted by atomic mass is 10.1. The van der Waals surface area contributed by atoms with Crippen molar-refractivity contribution in [2.24, 2.45) is 5.73 Å². The maximum atomic E-state index is 12.5. The Bertz CT molecular complexity index is 748. The van der Waals surface area contributed by atoms with Crippen LogP contribution in [0, 0.1) is 20.8 Å². The molecule has 0 spiro atoms. The molecule has 0 amide bonds. The normalized spacial score (nSPS) is 11.4. The van der Waals surface area contributed by atoms with Gasteiger partial charge in [-0.2, -0.15) is 0 Å². The molecular weight excluding hydrogens is 284 g/mol. The van der Waals surface area contributed by atoms with E-state index in [1.807, 2.05) is 39.0 Å². The summed E-state index contributed by atoms with van der Waals surface area (Å²) in [5.41, 5.74) is 9.86. The van der Waals surface area contributed by atoms with E-state index in [0.717, 1.165) is 22.3 Å². The van der Waals surface area contributed by atoms with Crippen molar-refractivity contribution >= 4 is 15.7 Å². The van der Waals surface area contributed by atoms with Gasteiger partial charge in [-0.3, -0.25) is 4.72 Å². The lowest BCUT2D eigenvalue weighted by Crippen LogP contribution is -2.15. The summed E-state index contributed by atoms with van der Waals surface area (Å²) < 4.78 is 27.7. The van der Waals surface area contributed by atoms with Crippen LogP contribution >= 0.6 is 0 Å². The minimum atomic E-state index is -3.60. The molecule has 0 saturated heterocycles. The summed E-state index contributed by atoms with van der Waals surface area (Å²) in [5, 5.41) is 0. The van der Waals surface area contributed by atoms with E-state index in [1.165, 1.54) is 0 Å². The van der Waals surface area contributed by atoms with Crippen molar-refractivity contribution in [3.63, 3.8) is 0 Å². The summed E-state index contributed by atoms with van der Waals surface area (Å²) in [6.45, 7) is 6.03. The van der Waals surface area contributed by atoms with Gasteiger partial charge in [-0.1, -0.05) is 24.3 Å². The van der Waals surface area contributed by atoms with E-state index in [2.05, 4.69) is 4.72 Å². The van der Waals surface area contributed by atoms with Crippen LogP contribution in [0.1, 0.15) is 22.3 Å². The van der Waals surface area contributed by atoms with Crippen molar-refractivity contribution in [3.8, 4) is 0 Å². The molecule has 2 rings (SSSR count). The molecule has 0 aromatic heterocycles. The number of nitrogens with two attached hydrogens (primary N) is 1. The maximum Gasteiger partial charge on any atom is 0.261 e. The Balaban J connectivity index is 2.41. The topological polar surface area (TPSA) is 72.2 Å². The van der Waals surface area contributed by atoms with Crippen molar-refractivity contribution < 1.29 is 8.42 Å². The lowest BCUT2D eigenvalue weighted by Gasteiger charge is -2.14. The highest BCUT2D eigenvalue weighted by Gasteiger charge is 2.17. The molecule has 5 heteroatoms. The summed E-state index contributed by atoms with van der Waals surface area (Å²) >= 11 is 0. The maximum absolute atomic E-state index is 12.5. The van der Waals surface area contributed by atoms with E-state index >= 15 is 0 Å². The van der Waals surface area contributed by atoms with Crippen LogP contribution in [0.4, 0.5) is 5.69 Å². The first-order valence-corrected chi connectivity index (χ1v) is 8.22. The molecule has 2 aromatic rings. The van der Waals surface area contributed by atoms with Crippen LogP contribution in [0.25, 0.3) is 0 Å². The van der Waals surface area contributed by atoms with E-state index in [1.54, 1.807) is 18.2 Å². The molecule has 0 heterocycles. The Kier molecular flexibility index (Phi) is 4.34. The van der Waals surface area contributed by atoms with Crippen LogP contribution in [0.5, 0.6) is 0 Å². The number of sulfonamides is 1. The van der Waals surface area contributed by atoms with Gasteiger partial charge in [0.1, 0.15) is 0 Å². The SMILES string of the molecule is Cc1cc(S(=O)(=O)Nc2c(C)cccc2C)ccc1CN. The number of nitrogens with one attached hydrogen (secondary N) is 1. The van der Waals surface area contributed by atoms with Gasteiger partial charge in [-0.15, -0.1) is 0 Å². The second kappa shape index (κ2) is 5.87. The van der Waals surface area contributed by atoms with Crippen molar-refractivity contribution in [3.05, 3.63) is 58.7 Å². The molecule has 0 aliphatic rings. The molecule has 0 bridgehead atoms. The van der Waals surface area contributed by atoms with Crippen LogP contribution in [0.2, 0.25) is 0 Å². The second-order valence-electron chi connectivity index (χ2n) is 5.16. The molecule has 3 N–H and O–H groups in total. The Hall–Kier alpha value is -1.85. The van der Waals surface area contributed by atoms with Gasteiger partial charge in [0, 0.05) is 6.54 Å². The average molecular weight is 304 g/mol. The summed E-state index contributed by atoms with van der Waals surface area (Å²) in [5.74, 6) is 0. The molecule has 0 unspecified atom stereocenters. The van der Waals surface area contributed by atoms with Gasteiger partial charge in [-0.25, -0.2) is 8.42 Å². The van der Waals surface area contributed by atoms with Gasteiger partial charge in [0.15, 0.2) is 0 Å². The molecule has 0 radical (unpaired) electrons. The number of benzene rings is 2. The lowest BCUT2D eigenvalue weighted by molar-refractivity contribution is 0.601. The molecule has 0 atom stereocenters. The fraction of sp³-hybridized carbons (Fsp3) is 0.250. The smallest absolute Gasteiger partial charge is 0.261 e. The third-order valence-electron chi connectivity index (χ3n) is 3.56. The highest BCUT2D eigenvalue weighted by molar-refractivity contribution is 7.92. The van der Waals surface area contributed by atoms with Crippen molar-refractivity contribution in [2.45, 2.75) is 32.2 Å². The molecule has 0 aliphatic heterocycles. The van der Waals surface area contributed by atoms with E-state index in [0.29, 0.717) is 12.2 Å². The minimum absolute atomic E-state index is 0.250. The standard InChI is InChI=1S/C16H20N2O2S/c1-11-5-4-6-12(2)16(11)18-21(19,20)15-8-7-14(10-17)13(3)9-15/h4-9,18H,10,17H2,1-3H3. The van der Waals surface area contributed by atoms with Crippen LogP contribution in [-0.4, -0.2) is 8.42 Å². The zero-order valence-corrected chi connectivity index (χ0v) is 13.3. The minimum Gasteiger partial charge on any atom is -0.326 e. The van der Waals surface area contributed by atoms with Gasteiger partial charge in [-0.05, 0) is 55.2 Å². The van der Waals surface area contributed by atoms with Crippen molar-refractivity contribution in [1.29, 1.82) is 0 Å². The molecule has 0 fully saturated rings.